The standard InChI is InChI=1S/C15H19ClFN3O/c1-9(2)7-18-14(21)8-20-13-5-4-11(17)6-12(13)19-15(20)10(3)16/h4-6,9-10H,7-8H2,1-3H3,(H,18,21). The van der Waals surface area contributed by atoms with E-state index >= 15 is 0 Å². The van der Waals surface area contributed by atoms with E-state index in [9.17, 15) is 9.18 Å². The van der Waals surface area contributed by atoms with Crippen LogP contribution in [-0.4, -0.2) is 22.0 Å². The summed E-state index contributed by atoms with van der Waals surface area (Å²) < 4.78 is 15.0. The fourth-order valence-electron chi connectivity index (χ4n) is 2.11. The molecule has 6 heteroatoms. The zero-order chi connectivity index (χ0) is 15.6. The van der Waals surface area contributed by atoms with Crippen molar-refractivity contribution >= 4 is 28.5 Å². The predicted octanol–water partition coefficient (Wildman–Crippen LogP) is 3.25. The van der Waals surface area contributed by atoms with Crippen molar-refractivity contribution in [2.45, 2.75) is 32.7 Å². The van der Waals surface area contributed by atoms with E-state index in [-0.39, 0.29) is 23.6 Å². The van der Waals surface area contributed by atoms with Gasteiger partial charge in [-0.15, -0.1) is 11.6 Å². The Balaban J connectivity index is 2.32. The van der Waals surface area contributed by atoms with E-state index in [2.05, 4.69) is 10.3 Å². The summed E-state index contributed by atoms with van der Waals surface area (Å²) in [5.41, 5.74) is 1.22. The molecular weight excluding hydrogens is 293 g/mol. The third-order valence-corrected chi connectivity index (χ3v) is 3.30. The molecule has 0 aliphatic rings. The third kappa shape index (κ3) is 3.73. The molecule has 1 heterocycles. The Labute approximate surface area is 128 Å². The Morgan fingerprint density at radius 1 is 1.43 bits per heavy atom. The summed E-state index contributed by atoms with van der Waals surface area (Å²) in [6.07, 6.45) is 0. The number of alkyl halides is 1. The predicted molar refractivity (Wildman–Crippen MR) is 81.8 cm³/mol. The van der Waals surface area contributed by atoms with Crippen molar-refractivity contribution in [2.24, 2.45) is 5.92 Å². The molecule has 0 aliphatic carbocycles. The molecule has 1 atom stereocenters. The lowest BCUT2D eigenvalue weighted by atomic mass is 10.2. The Morgan fingerprint density at radius 2 is 2.14 bits per heavy atom. The SMILES string of the molecule is CC(C)CNC(=O)Cn1c(C(C)Cl)nc2cc(F)ccc21. The summed E-state index contributed by atoms with van der Waals surface area (Å²) >= 11 is 6.12. The van der Waals surface area contributed by atoms with E-state index in [0.29, 0.717) is 29.3 Å². The van der Waals surface area contributed by atoms with Gasteiger partial charge in [-0.25, -0.2) is 9.37 Å². The number of hydrogen-bond donors (Lipinski definition) is 1. The summed E-state index contributed by atoms with van der Waals surface area (Å²) in [7, 11) is 0. The van der Waals surface area contributed by atoms with Crippen LogP contribution in [0.1, 0.15) is 32.0 Å². The highest BCUT2D eigenvalue weighted by Gasteiger charge is 2.17. The average molecular weight is 312 g/mol. The second-order valence-corrected chi connectivity index (χ2v) is 6.16. The van der Waals surface area contributed by atoms with Gasteiger partial charge in [0.05, 0.1) is 16.4 Å². The fraction of sp³-hybridized carbons (Fsp3) is 0.467. The number of carbonyl (C=O) groups excluding carboxylic acids is 1. The molecule has 0 spiro atoms. The molecule has 0 saturated carbocycles. The fourth-order valence-corrected chi connectivity index (χ4v) is 2.28. The van der Waals surface area contributed by atoms with Crippen molar-refractivity contribution in [1.29, 1.82) is 0 Å². The number of halogens is 2. The number of benzene rings is 1. The number of rotatable bonds is 5. The number of hydrogen-bond acceptors (Lipinski definition) is 2. The number of nitrogens with one attached hydrogen (secondary N) is 1. The zero-order valence-electron chi connectivity index (χ0n) is 12.4. The molecule has 0 radical (unpaired) electrons. The second-order valence-electron chi connectivity index (χ2n) is 5.50. The molecule has 1 N–H and O–H groups in total. The van der Waals surface area contributed by atoms with E-state index < -0.39 is 0 Å². The first-order valence-corrected chi connectivity index (χ1v) is 7.38. The Hall–Kier alpha value is -1.62. The quantitative estimate of drug-likeness (QED) is 0.862. The smallest absolute Gasteiger partial charge is 0.240 e. The van der Waals surface area contributed by atoms with Crippen LogP contribution < -0.4 is 5.32 Å². The van der Waals surface area contributed by atoms with Crippen LogP contribution in [0.15, 0.2) is 18.2 Å². The van der Waals surface area contributed by atoms with Crippen LogP contribution in [0.25, 0.3) is 11.0 Å². The highest BCUT2D eigenvalue weighted by atomic mass is 35.5. The number of aromatic nitrogens is 2. The van der Waals surface area contributed by atoms with Gasteiger partial charge in [-0.1, -0.05) is 13.8 Å². The number of amides is 1. The normalized spacial score (nSPS) is 12.9. The van der Waals surface area contributed by atoms with Crippen LogP contribution in [-0.2, 0) is 11.3 Å². The van der Waals surface area contributed by atoms with Crippen LogP contribution in [0.2, 0.25) is 0 Å². The number of carbonyl (C=O) groups is 1. The molecule has 0 saturated heterocycles. The molecule has 1 unspecified atom stereocenters. The van der Waals surface area contributed by atoms with E-state index in [4.69, 9.17) is 11.6 Å². The number of imidazole rings is 1. The van der Waals surface area contributed by atoms with E-state index in [0.717, 1.165) is 0 Å². The van der Waals surface area contributed by atoms with Crippen molar-refractivity contribution < 1.29 is 9.18 Å². The second kappa shape index (κ2) is 6.43. The largest absolute Gasteiger partial charge is 0.354 e. The molecule has 1 aromatic heterocycles. The van der Waals surface area contributed by atoms with E-state index in [1.165, 1.54) is 12.1 Å². The third-order valence-electron chi connectivity index (χ3n) is 3.10. The first-order chi connectivity index (χ1) is 9.88. The number of nitrogens with zero attached hydrogens (tertiary/aromatic N) is 2. The molecule has 0 bridgehead atoms. The van der Waals surface area contributed by atoms with Gasteiger partial charge in [0.15, 0.2) is 0 Å². The molecule has 114 valence electrons. The average Bonchev–Trinajstić information content (AvgIpc) is 2.74. The summed E-state index contributed by atoms with van der Waals surface area (Å²) in [5.74, 6) is 0.488. The van der Waals surface area contributed by atoms with Crippen LogP contribution in [0.4, 0.5) is 4.39 Å². The maximum absolute atomic E-state index is 13.3. The molecule has 0 aliphatic heterocycles. The van der Waals surface area contributed by atoms with Crippen LogP contribution >= 0.6 is 11.6 Å². The maximum Gasteiger partial charge on any atom is 0.240 e. The lowest BCUT2D eigenvalue weighted by Gasteiger charge is -2.12. The van der Waals surface area contributed by atoms with Gasteiger partial charge < -0.3 is 9.88 Å². The van der Waals surface area contributed by atoms with Gasteiger partial charge in [0, 0.05) is 12.6 Å². The van der Waals surface area contributed by atoms with Gasteiger partial charge in [-0.2, -0.15) is 0 Å². The molecule has 2 rings (SSSR count). The van der Waals surface area contributed by atoms with Gasteiger partial charge in [0.25, 0.3) is 0 Å². The van der Waals surface area contributed by atoms with Gasteiger partial charge >= 0.3 is 0 Å². The summed E-state index contributed by atoms with van der Waals surface area (Å²) in [5, 5.41) is 2.50. The molecule has 21 heavy (non-hydrogen) atoms. The van der Waals surface area contributed by atoms with E-state index in [1.54, 1.807) is 17.6 Å². The molecule has 1 aromatic carbocycles. The van der Waals surface area contributed by atoms with Crippen molar-refractivity contribution in [2.75, 3.05) is 6.54 Å². The minimum Gasteiger partial charge on any atom is -0.354 e. The molecule has 2 aromatic rings. The maximum atomic E-state index is 13.3. The summed E-state index contributed by atoms with van der Waals surface area (Å²) in [6.45, 7) is 6.58. The van der Waals surface area contributed by atoms with Gasteiger partial charge in [0.1, 0.15) is 18.2 Å². The molecule has 0 fully saturated rings. The summed E-state index contributed by atoms with van der Waals surface area (Å²) in [6, 6.07) is 4.33. The minimum absolute atomic E-state index is 0.106. The lowest BCUT2D eigenvalue weighted by Crippen LogP contribution is -2.31. The van der Waals surface area contributed by atoms with Crippen molar-refractivity contribution in [3.8, 4) is 0 Å². The van der Waals surface area contributed by atoms with Gasteiger partial charge in [-0.05, 0) is 25.0 Å². The highest BCUT2D eigenvalue weighted by Crippen LogP contribution is 2.25. The Kier molecular flexibility index (Phi) is 4.83. The molecule has 4 nitrogen and oxygen atoms in total. The first-order valence-electron chi connectivity index (χ1n) is 6.95. The van der Waals surface area contributed by atoms with Crippen molar-refractivity contribution in [3.63, 3.8) is 0 Å². The van der Waals surface area contributed by atoms with Gasteiger partial charge in [0.2, 0.25) is 5.91 Å². The van der Waals surface area contributed by atoms with Crippen LogP contribution in [0.5, 0.6) is 0 Å². The van der Waals surface area contributed by atoms with Gasteiger partial charge in [-0.3, -0.25) is 4.79 Å². The minimum atomic E-state index is -0.363. The topological polar surface area (TPSA) is 46.9 Å². The van der Waals surface area contributed by atoms with E-state index in [1.807, 2.05) is 13.8 Å². The highest BCUT2D eigenvalue weighted by molar-refractivity contribution is 6.20. The Bertz CT molecular complexity index is 652. The van der Waals surface area contributed by atoms with Crippen molar-refractivity contribution in [1.82, 2.24) is 14.9 Å². The lowest BCUT2D eigenvalue weighted by molar-refractivity contribution is -0.121. The van der Waals surface area contributed by atoms with Crippen LogP contribution in [0.3, 0.4) is 0 Å². The zero-order valence-corrected chi connectivity index (χ0v) is 13.1. The Morgan fingerprint density at radius 3 is 2.76 bits per heavy atom. The monoisotopic (exact) mass is 311 g/mol. The van der Waals surface area contributed by atoms with Crippen molar-refractivity contribution in [3.05, 3.63) is 29.8 Å². The number of fused-ring (bicyclic) bond motifs is 1. The van der Waals surface area contributed by atoms with Crippen LogP contribution in [0, 0.1) is 11.7 Å². The first kappa shape index (κ1) is 15.8. The molecule has 1 amide bonds. The summed E-state index contributed by atoms with van der Waals surface area (Å²) in [4.78, 5) is 16.4. The molecular formula is C15H19ClFN3O.